The van der Waals surface area contributed by atoms with Crippen molar-refractivity contribution in [2.75, 3.05) is 0 Å². The monoisotopic (exact) mass is 278 g/mol. The SMILES string of the molecule is N[C@H]1CC[C@@H](NC(=O)C2=CN3C=C(F)C=CC3N2)CC1. The Labute approximate surface area is 117 Å². The summed E-state index contributed by atoms with van der Waals surface area (Å²) in [5, 5.41) is 6.08. The molecule has 1 saturated carbocycles. The minimum absolute atomic E-state index is 0.137. The number of carbonyl (C=O) groups is 1. The van der Waals surface area contributed by atoms with Gasteiger partial charge in [0.25, 0.3) is 5.91 Å². The van der Waals surface area contributed by atoms with Crippen LogP contribution in [-0.2, 0) is 4.79 Å². The molecular weight excluding hydrogens is 259 g/mol. The number of carbonyl (C=O) groups excluding carboxylic acids is 1. The Morgan fingerprint density at radius 1 is 1.35 bits per heavy atom. The molecule has 6 heteroatoms. The molecule has 0 bridgehead atoms. The smallest absolute Gasteiger partial charge is 0.269 e. The number of hydrogen-bond acceptors (Lipinski definition) is 4. The molecule has 1 atom stereocenters. The molecule has 0 aromatic heterocycles. The number of hydrogen-bond donors (Lipinski definition) is 3. The molecule has 0 radical (unpaired) electrons. The number of rotatable bonds is 2. The van der Waals surface area contributed by atoms with Crippen molar-refractivity contribution in [3.63, 3.8) is 0 Å². The van der Waals surface area contributed by atoms with Crippen LogP contribution in [0.2, 0.25) is 0 Å². The van der Waals surface area contributed by atoms with Gasteiger partial charge in [0.05, 0.1) is 0 Å². The summed E-state index contributed by atoms with van der Waals surface area (Å²) in [6, 6.07) is 0.449. The number of nitrogens with two attached hydrogens (primary N) is 1. The first-order chi connectivity index (χ1) is 9.61. The zero-order chi connectivity index (χ0) is 14.1. The van der Waals surface area contributed by atoms with Crippen LogP contribution in [0.4, 0.5) is 4.39 Å². The number of fused-ring (bicyclic) bond motifs is 1. The minimum Gasteiger partial charge on any atom is -0.356 e. The maximum atomic E-state index is 13.1. The largest absolute Gasteiger partial charge is 0.356 e. The zero-order valence-electron chi connectivity index (χ0n) is 11.2. The molecule has 2 heterocycles. The van der Waals surface area contributed by atoms with E-state index in [-0.39, 0.29) is 30.0 Å². The lowest BCUT2D eigenvalue weighted by molar-refractivity contribution is -0.118. The molecule has 4 N–H and O–H groups in total. The van der Waals surface area contributed by atoms with Gasteiger partial charge >= 0.3 is 0 Å². The van der Waals surface area contributed by atoms with Crippen LogP contribution in [0.3, 0.4) is 0 Å². The molecule has 0 saturated heterocycles. The highest BCUT2D eigenvalue weighted by atomic mass is 19.1. The highest BCUT2D eigenvalue weighted by Crippen LogP contribution is 2.21. The molecule has 108 valence electrons. The van der Waals surface area contributed by atoms with Crippen molar-refractivity contribution in [2.45, 2.75) is 43.9 Å². The third-order valence-corrected chi connectivity index (χ3v) is 3.96. The van der Waals surface area contributed by atoms with Crippen molar-refractivity contribution in [1.29, 1.82) is 0 Å². The molecule has 1 aliphatic carbocycles. The van der Waals surface area contributed by atoms with Gasteiger partial charge in [-0.25, -0.2) is 4.39 Å². The van der Waals surface area contributed by atoms with Crippen molar-refractivity contribution < 1.29 is 9.18 Å². The molecule has 5 nitrogen and oxygen atoms in total. The normalized spacial score (nSPS) is 32.1. The van der Waals surface area contributed by atoms with Crippen molar-refractivity contribution in [2.24, 2.45) is 5.73 Å². The van der Waals surface area contributed by atoms with Gasteiger partial charge in [-0.05, 0) is 37.8 Å². The average Bonchev–Trinajstić information content (AvgIpc) is 2.84. The van der Waals surface area contributed by atoms with Gasteiger partial charge < -0.3 is 21.3 Å². The van der Waals surface area contributed by atoms with Crippen LogP contribution in [-0.4, -0.2) is 29.1 Å². The Hall–Kier alpha value is -1.82. The maximum Gasteiger partial charge on any atom is 0.269 e. The second kappa shape index (κ2) is 5.28. The van der Waals surface area contributed by atoms with E-state index in [9.17, 15) is 9.18 Å². The van der Waals surface area contributed by atoms with Crippen LogP contribution in [0.15, 0.2) is 36.1 Å². The van der Waals surface area contributed by atoms with Crippen LogP contribution in [0.5, 0.6) is 0 Å². The summed E-state index contributed by atoms with van der Waals surface area (Å²) < 4.78 is 13.1. The van der Waals surface area contributed by atoms with E-state index in [0.29, 0.717) is 5.70 Å². The van der Waals surface area contributed by atoms with E-state index in [0.717, 1.165) is 25.7 Å². The van der Waals surface area contributed by atoms with E-state index >= 15 is 0 Å². The number of nitrogens with zero attached hydrogens (tertiary/aromatic N) is 1. The summed E-state index contributed by atoms with van der Waals surface area (Å²) in [7, 11) is 0. The number of halogens is 1. The van der Waals surface area contributed by atoms with Crippen LogP contribution in [0, 0.1) is 0 Å². The van der Waals surface area contributed by atoms with E-state index < -0.39 is 0 Å². The van der Waals surface area contributed by atoms with Gasteiger partial charge in [0.15, 0.2) is 0 Å². The Bertz CT molecular complexity index is 491. The zero-order valence-corrected chi connectivity index (χ0v) is 11.2. The molecule has 3 rings (SSSR count). The van der Waals surface area contributed by atoms with Crippen LogP contribution in [0.1, 0.15) is 25.7 Å². The first-order valence-corrected chi connectivity index (χ1v) is 6.99. The lowest BCUT2D eigenvalue weighted by Crippen LogP contribution is -2.43. The van der Waals surface area contributed by atoms with Crippen molar-refractivity contribution >= 4 is 5.91 Å². The van der Waals surface area contributed by atoms with E-state index in [4.69, 9.17) is 5.73 Å². The van der Waals surface area contributed by atoms with Gasteiger partial charge in [-0.2, -0.15) is 0 Å². The quantitative estimate of drug-likeness (QED) is 0.699. The molecule has 0 aromatic rings. The molecule has 2 aliphatic heterocycles. The first kappa shape index (κ1) is 13.2. The number of nitrogens with one attached hydrogen (secondary N) is 2. The molecule has 1 amide bonds. The minimum atomic E-state index is -0.317. The van der Waals surface area contributed by atoms with E-state index in [1.165, 1.54) is 12.3 Å². The average molecular weight is 278 g/mol. The van der Waals surface area contributed by atoms with Gasteiger partial charge in [-0.1, -0.05) is 0 Å². The predicted octanol–water partition coefficient (Wildman–Crippen LogP) is 0.826. The molecule has 3 aliphatic rings. The van der Waals surface area contributed by atoms with Gasteiger partial charge in [0.1, 0.15) is 17.7 Å². The number of allylic oxidation sites excluding steroid dienone is 2. The Morgan fingerprint density at radius 3 is 2.85 bits per heavy atom. The molecule has 0 aromatic carbocycles. The van der Waals surface area contributed by atoms with Gasteiger partial charge in [-0.15, -0.1) is 0 Å². The van der Waals surface area contributed by atoms with Crippen molar-refractivity contribution in [3.8, 4) is 0 Å². The Balaban J connectivity index is 1.59. The second-order valence-corrected chi connectivity index (χ2v) is 5.54. The summed E-state index contributed by atoms with van der Waals surface area (Å²) >= 11 is 0. The summed E-state index contributed by atoms with van der Waals surface area (Å²) in [6.45, 7) is 0. The highest BCUT2D eigenvalue weighted by Gasteiger charge is 2.28. The summed E-state index contributed by atoms with van der Waals surface area (Å²) in [6.07, 6.45) is 9.65. The third-order valence-electron chi connectivity index (χ3n) is 3.96. The standard InChI is InChI=1S/C14H19FN4O/c15-9-1-6-13-18-12(8-19(13)7-9)14(20)17-11-4-2-10(16)3-5-11/h1,6-8,10-11,13,18H,2-5,16H2,(H,17,20)/t10-,11+,13?. The van der Waals surface area contributed by atoms with E-state index in [2.05, 4.69) is 10.6 Å². The van der Waals surface area contributed by atoms with Crippen molar-refractivity contribution in [3.05, 3.63) is 36.1 Å². The first-order valence-electron chi connectivity index (χ1n) is 6.99. The van der Waals surface area contributed by atoms with E-state index in [1.54, 1.807) is 17.2 Å². The molecule has 0 spiro atoms. The highest BCUT2D eigenvalue weighted by molar-refractivity contribution is 5.93. The van der Waals surface area contributed by atoms with Crippen LogP contribution >= 0.6 is 0 Å². The Morgan fingerprint density at radius 2 is 2.10 bits per heavy atom. The topological polar surface area (TPSA) is 70.4 Å². The molecular formula is C14H19FN4O. The summed E-state index contributed by atoms with van der Waals surface area (Å²) in [4.78, 5) is 13.8. The third kappa shape index (κ3) is 2.70. The van der Waals surface area contributed by atoms with Crippen molar-refractivity contribution in [1.82, 2.24) is 15.5 Å². The van der Waals surface area contributed by atoms with E-state index in [1.807, 2.05) is 0 Å². The molecule has 1 fully saturated rings. The lowest BCUT2D eigenvalue weighted by Gasteiger charge is -2.27. The number of amides is 1. The maximum absolute atomic E-state index is 13.1. The van der Waals surface area contributed by atoms with Crippen LogP contribution in [0.25, 0.3) is 0 Å². The lowest BCUT2D eigenvalue weighted by atomic mass is 9.92. The fraction of sp³-hybridized carbons (Fsp3) is 0.500. The summed E-state index contributed by atoms with van der Waals surface area (Å²) in [5.74, 6) is -0.454. The summed E-state index contributed by atoms with van der Waals surface area (Å²) in [5.41, 5.74) is 6.32. The fourth-order valence-corrected chi connectivity index (χ4v) is 2.78. The Kier molecular flexibility index (Phi) is 3.48. The van der Waals surface area contributed by atoms with Gasteiger partial charge in [0.2, 0.25) is 0 Å². The van der Waals surface area contributed by atoms with Gasteiger partial charge in [0, 0.05) is 24.5 Å². The molecule has 1 unspecified atom stereocenters. The van der Waals surface area contributed by atoms with Gasteiger partial charge in [-0.3, -0.25) is 4.79 Å². The predicted molar refractivity (Wildman–Crippen MR) is 73.6 cm³/mol. The van der Waals surface area contributed by atoms with Crippen LogP contribution < -0.4 is 16.4 Å². The second-order valence-electron chi connectivity index (χ2n) is 5.54. The fourth-order valence-electron chi connectivity index (χ4n) is 2.78. The molecule has 20 heavy (non-hydrogen) atoms.